The van der Waals surface area contributed by atoms with Gasteiger partial charge in [-0.25, -0.2) is 4.39 Å². The van der Waals surface area contributed by atoms with E-state index in [1.54, 1.807) is 6.07 Å². The molecule has 132 valence electrons. The van der Waals surface area contributed by atoms with E-state index < -0.39 is 0 Å². The van der Waals surface area contributed by atoms with E-state index in [2.05, 4.69) is 21.2 Å². The maximum atomic E-state index is 13.3. The van der Waals surface area contributed by atoms with Crippen molar-refractivity contribution < 1.29 is 9.18 Å². The summed E-state index contributed by atoms with van der Waals surface area (Å²) in [6.45, 7) is 5.68. The van der Waals surface area contributed by atoms with Crippen molar-refractivity contribution in [2.75, 3.05) is 44.2 Å². The molecule has 0 bridgehead atoms. The number of nitrogens with one attached hydrogen (secondary N) is 1. The summed E-state index contributed by atoms with van der Waals surface area (Å²) in [7, 11) is 0. The predicted octanol–water partition coefficient (Wildman–Crippen LogP) is 2.63. The number of benzene rings is 2. The first-order valence-corrected chi connectivity index (χ1v) is 9.13. The lowest BCUT2D eigenvalue weighted by Crippen LogP contribution is -2.43. The Morgan fingerprint density at radius 1 is 1.12 bits per heavy atom. The number of amides is 1. The van der Waals surface area contributed by atoms with E-state index in [0.717, 1.165) is 49.1 Å². The molecule has 2 saturated heterocycles. The molecule has 2 heterocycles. The summed E-state index contributed by atoms with van der Waals surface area (Å²) in [5.41, 5.74) is 1.11. The Morgan fingerprint density at radius 3 is 2.72 bits per heavy atom. The third-order valence-electron chi connectivity index (χ3n) is 5.39. The Balaban J connectivity index is 1.35. The number of hydrogen-bond donors (Lipinski definition) is 1. The van der Waals surface area contributed by atoms with E-state index in [9.17, 15) is 9.18 Å². The van der Waals surface area contributed by atoms with Crippen molar-refractivity contribution in [2.24, 2.45) is 5.92 Å². The highest BCUT2D eigenvalue weighted by atomic mass is 19.1. The van der Waals surface area contributed by atoms with Gasteiger partial charge in [0.05, 0.1) is 5.92 Å². The second-order valence-electron chi connectivity index (χ2n) is 7.09. The molecule has 25 heavy (non-hydrogen) atoms. The molecule has 2 aliphatic rings. The van der Waals surface area contributed by atoms with Crippen LogP contribution in [-0.2, 0) is 4.79 Å². The van der Waals surface area contributed by atoms with Crippen molar-refractivity contribution in [3.8, 4) is 0 Å². The number of likely N-dealkylation sites (tertiary alicyclic amines) is 1. The zero-order chi connectivity index (χ0) is 17.2. The third-order valence-corrected chi connectivity index (χ3v) is 5.39. The Labute approximate surface area is 147 Å². The van der Waals surface area contributed by atoms with Crippen LogP contribution in [0.2, 0.25) is 0 Å². The lowest BCUT2D eigenvalue weighted by atomic mass is 10.1. The van der Waals surface area contributed by atoms with E-state index in [1.165, 1.54) is 25.6 Å². The summed E-state index contributed by atoms with van der Waals surface area (Å²) in [6.07, 6.45) is 2.17. The van der Waals surface area contributed by atoms with E-state index >= 15 is 0 Å². The number of carbonyl (C=O) groups excluding carboxylic acids is 1. The van der Waals surface area contributed by atoms with Gasteiger partial charge in [-0.1, -0.05) is 12.1 Å². The SMILES string of the molecule is O=C(NCCN1CCC1)C1CCN(c2ccc3cc(F)ccc3c2)C1. The summed E-state index contributed by atoms with van der Waals surface area (Å²) in [6, 6.07) is 10.9. The fourth-order valence-electron chi connectivity index (χ4n) is 3.70. The molecular formula is C20H24FN3O. The molecule has 1 unspecified atom stereocenters. The van der Waals surface area contributed by atoms with Crippen LogP contribution in [0.5, 0.6) is 0 Å². The summed E-state index contributed by atoms with van der Waals surface area (Å²) in [5, 5.41) is 5.02. The average molecular weight is 341 g/mol. The van der Waals surface area contributed by atoms with Crippen molar-refractivity contribution in [1.82, 2.24) is 10.2 Å². The van der Waals surface area contributed by atoms with Crippen LogP contribution in [0.1, 0.15) is 12.8 Å². The monoisotopic (exact) mass is 341 g/mol. The van der Waals surface area contributed by atoms with Crippen LogP contribution in [-0.4, -0.2) is 50.1 Å². The predicted molar refractivity (Wildman–Crippen MR) is 98.3 cm³/mol. The van der Waals surface area contributed by atoms with Gasteiger partial charge in [0.15, 0.2) is 0 Å². The van der Waals surface area contributed by atoms with Crippen LogP contribution in [0.15, 0.2) is 36.4 Å². The first kappa shape index (κ1) is 16.3. The van der Waals surface area contributed by atoms with Gasteiger partial charge in [0.2, 0.25) is 5.91 Å². The second kappa shape index (κ2) is 7.00. The Morgan fingerprint density at radius 2 is 1.92 bits per heavy atom. The number of rotatable bonds is 5. The quantitative estimate of drug-likeness (QED) is 0.908. The first-order chi connectivity index (χ1) is 12.2. The largest absolute Gasteiger partial charge is 0.371 e. The van der Waals surface area contributed by atoms with Gasteiger partial charge < -0.3 is 15.1 Å². The van der Waals surface area contributed by atoms with E-state index in [1.807, 2.05) is 18.2 Å². The van der Waals surface area contributed by atoms with Crippen LogP contribution < -0.4 is 10.2 Å². The van der Waals surface area contributed by atoms with Crippen LogP contribution in [0, 0.1) is 11.7 Å². The summed E-state index contributed by atoms with van der Waals surface area (Å²) in [4.78, 5) is 17.0. The molecule has 1 N–H and O–H groups in total. The Kier molecular flexibility index (Phi) is 4.57. The minimum absolute atomic E-state index is 0.0558. The van der Waals surface area contributed by atoms with Gasteiger partial charge in [0.25, 0.3) is 0 Å². The molecule has 2 aromatic carbocycles. The molecule has 5 heteroatoms. The fraction of sp³-hybridized carbons (Fsp3) is 0.450. The van der Waals surface area contributed by atoms with Crippen LogP contribution >= 0.6 is 0 Å². The number of halogens is 1. The smallest absolute Gasteiger partial charge is 0.225 e. The maximum absolute atomic E-state index is 13.3. The molecule has 4 rings (SSSR count). The lowest BCUT2D eigenvalue weighted by molar-refractivity contribution is -0.124. The third kappa shape index (κ3) is 3.61. The molecule has 1 amide bonds. The zero-order valence-electron chi connectivity index (χ0n) is 14.4. The standard InChI is InChI=1S/C20H24FN3O/c21-18-4-2-16-13-19(5-3-15(16)12-18)24-10-6-17(14-24)20(25)22-7-11-23-8-1-9-23/h2-5,12-13,17H,1,6-11,14H2,(H,22,25). The molecule has 0 spiro atoms. The van der Waals surface area contributed by atoms with Crippen LogP contribution in [0.3, 0.4) is 0 Å². The highest BCUT2D eigenvalue weighted by Crippen LogP contribution is 2.27. The molecule has 0 aromatic heterocycles. The number of anilines is 1. The van der Waals surface area contributed by atoms with Crippen molar-refractivity contribution in [2.45, 2.75) is 12.8 Å². The number of hydrogen-bond acceptors (Lipinski definition) is 3. The molecule has 1 atom stereocenters. The fourth-order valence-corrected chi connectivity index (χ4v) is 3.70. The van der Waals surface area contributed by atoms with Crippen molar-refractivity contribution in [3.05, 3.63) is 42.2 Å². The van der Waals surface area contributed by atoms with Crippen LogP contribution in [0.4, 0.5) is 10.1 Å². The van der Waals surface area contributed by atoms with Gasteiger partial charge in [-0.05, 0) is 61.0 Å². The summed E-state index contributed by atoms with van der Waals surface area (Å²) < 4.78 is 13.3. The number of carbonyl (C=O) groups is 1. The molecule has 4 nitrogen and oxygen atoms in total. The highest BCUT2D eigenvalue weighted by molar-refractivity contribution is 5.86. The van der Waals surface area contributed by atoms with E-state index in [4.69, 9.17) is 0 Å². The van der Waals surface area contributed by atoms with Crippen molar-refractivity contribution in [1.29, 1.82) is 0 Å². The van der Waals surface area contributed by atoms with Gasteiger partial charge in [-0.15, -0.1) is 0 Å². The molecule has 2 aliphatic heterocycles. The first-order valence-electron chi connectivity index (χ1n) is 9.13. The van der Waals surface area contributed by atoms with Gasteiger partial charge in [0.1, 0.15) is 5.82 Å². The van der Waals surface area contributed by atoms with Gasteiger partial charge in [0, 0.05) is 31.9 Å². The minimum Gasteiger partial charge on any atom is -0.371 e. The van der Waals surface area contributed by atoms with E-state index in [-0.39, 0.29) is 17.6 Å². The summed E-state index contributed by atoms with van der Waals surface area (Å²) in [5.74, 6) is 0.0163. The molecule has 0 radical (unpaired) electrons. The molecule has 2 fully saturated rings. The summed E-state index contributed by atoms with van der Waals surface area (Å²) >= 11 is 0. The Bertz CT molecular complexity index is 775. The van der Waals surface area contributed by atoms with Crippen molar-refractivity contribution in [3.63, 3.8) is 0 Å². The lowest BCUT2D eigenvalue weighted by Gasteiger charge is -2.30. The number of nitrogens with zero attached hydrogens (tertiary/aromatic N) is 2. The minimum atomic E-state index is -0.212. The van der Waals surface area contributed by atoms with Crippen LogP contribution in [0.25, 0.3) is 10.8 Å². The molecule has 2 aromatic rings. The average Bonchev–Trinajstić information content (AvgIpc) is 3.06. The Hall–Kier alpha value is -2.14. The number of fused-ring (bicyclic) bond motifs is 1. The molecule has 0 saturated carbocycles. The molecule has 0 aliphatic carbocycles. The topological polar surface area (TPSA) is 35.6 Å². The van der Waals surface area contributed by atoms with Gasteiger partial charge in [-0.3, -0.25) is 4.79 Å². The highest BCUT2D eigenvalue weighted by Gasteiger charge is 2.28. The van der Waals surface area contributed by atoms with Crippen molar-refractivity contribution >= 4 is 22.4 Å². The van der Waals surface area contributed by atoms with Gasteiger partial charge >= 0.3 is 0 Å². The second-order valence-corrected chi connectivity index (χ2v) is 7.09. The zero-order valence-corrected chi connectivity index (χ0v) is 14.4. The normalized spacial score (nSPS) is 20.7. The van der Waals surface area contributed by atoms with Gasteiger partial charge in [-0.2, -0.15) is 0 Å². The maximum Gasteiger partial charge on any atom is 0.225 e. The van der Waals surface area contributed by atoms with E-state index in [0.29, 0.717) is 0 Å². The molecular weight excluding hydrogens is 317 g/mol.